The summed E-state index contributed by atoms with van der Waals surface area (Å²) >= 11 is 0. The molecule has 3 aliphatic heterocycles. The Labute approximate surface area is 114 Å². The highest BCUT2D eigenvalue weighted by Crippen LogP contribution is 2.47. The van der Waals surface area contributed by atoms with Gasteiger partial charge in [0.05, 0.1) is 6.10 Å². The van der Waals surface area contributed by atoms with Gasteiger partial charge >= 0.3 is 0 Å². The Morgan fingerprint density at radius 2 is 2.00 bits per heavy atom. The van der Waals surface area contributed by atoms with Crippen LogP contribution in [0.2, 0.25) is 0 Å². The van der Waals surface area contributed by atoms with Gasteiger partial charge in [0.1, 0.15) is 0 Å². The van der Waals surface area contributed by atoms with Gasteiger partial charge in [-0.3, -0.25) is 15.2 Å². The fourth-order valence-electron chi connectivity index (χ4n) is 4.97. The zero-order valence-corrected chi connectivity index (χ0v) is 11.5. The van der Waals surface area contributed by atoms with Crippen LogP contribution in [0.3, 0.4) is 0 Å². The van der Waals surface area contributed by atoms with Gasteiger partial charge in [0.2, 0.25) is 0 Å². The van der Waals surface area contributed by atoms with E-state index in [1.807, 2.05) is 0 Å². The average molecular weight is 264 g/mol. The van der Waals surface area contributed by atoms with Crippen molar-refractivity contribution in [2.24, 2.45) is 11.8 Å². The third-order valence-electron chi connectivity index (χ3n) is 5.74. The fourth-order valence-corrected chi connectivity index (χ4v) is 4.97. The lowest BCUT2D eigenvalue weighted by Gasteiger charge is -2.54. The highest BCUT2D eigenvalue weighted by molar-refractivity contribution is 5.28. The Morgan fingerprint density at radius 1 is 1.11 bits per heavy atom. The third-order valence-corrected chi connectivity index (χ3v) is 5.74. The molecular weight excluding hydrogens is 240 g/mol. The number of aliphatic hydroxyl groups is 1. The van der Waals surface area contributed by atoms with Gasteiger partial charge in [-0.25, -0.2) is 0 Å². The minimum absolute atomic E-state index is 0.313. The van der Waals surface area contributed by atoms with Gasteiger partial charge in [-0.15, -0.1) is 0 Å². The van der Waals surface area contributed by atoms with Gasteiger partial charge in [0.25, 0.3) is 0 Å². The molecule has 2 saturated heterocycles. The normalized spacial score (nSPS) is 42.9. The maximum Gasteiger partial charge on any atom is 0.0814 e. The van der Waals surface area contributed by atoms with Crippen molar-refractivity contribution >= 4 is 0 Å². The second kappa shape index (κ2) is 4.47. The second-order valence-electron chi connectivity index (χ2n) is 6.74. The lowest BCUT2D eigenvalue weighted by atomic mass is 9.67. The molecule has 106 valence electrons. The molecule has 0 radical (unpaired) electrons. The number of piperidine rings is 2. The van der Waals surface area contributed by atoms with Crippen LogP contribution < -0.4 is 0 Å². The first-order valence-corrected chi connectivity index (χ1v) is 7.87. The van der Waals surface area contributed by atoms with Crippen LogP contribution in [0.25, 0.3) is 0 Å². The van der Waals surface area contributed by atoms with Crippen LogP contribution in [0.1, 0.15) is 38.5 Å². The summed E-state index contributed by atoms with van der Waals surface area (Å²) in [6.45, 7) is 3.00. The molecule has 4 aliphatic rings. The summed E-state index contributed by atoms with van der Waals surface area (Å²) in [5.74, 6) is 0.854. The molecule has 0 spiro atoms. The second-order valence-corrected chi connectivity index (χ2v) is 6.74. The Balaban J connectivity index is 1.72. The van der Waals surface area contributed by atoms with Gasteiger partial charge in [-0.2, -0.15) is 0 Å². The molecular formula is C15H24N2O2. The van der Waals surface area contributed by atoms with Crippen LogP contribution in [0.15, 0.2) is 11.3 Å². The molecule has 4 heteroatoms. The van der Waals surface area contributed by atoms with Crippen LogP contribution >= 0.6 is 0 Å². The molecule has 2 N–H and O–H groups in total. The Hall–Kier alpha value is -0.580. The molecule has 0 unspecified atom stereocenters. The minimum Gasteiger partial charge on any atom is -0.388 e. The number of aliphatic hydroxyl groups excluding tert-OH is 1. The molecule has 19 heavy (non-hydrogen) atoms. The Bertz CT molecular complexity index is 409. The van der Waals surface area contributed by atoms with Gasteiger partial charge in [-0.05, 0) is 44.2 Å². The topological polar surface area (TPSA) is 46.9 Å². The minimum atomic E-state index is -0.313. The number of hydrogen-bond acceptors (Lipinski definition) is 4. The predicted molar refractivity (Wildman–Crippen MR) is 71.6 cm³/mol. The fraction of sp³-hybridized carbons (Fsp3) is 0.867. The van der Waals surface area contributed by atoms with E-state index >= 15 is 0 Å². The predicted octanol–water partition coefficient (Wildman–Crippen LogP) is 1.59. The van der Waals surface area contributed by atoms with Crippen molar-refractivity contribution in [1.82, 2.24) is 9.96 Å². The molecule has 4 atom stereocenters. The first-order chi connectivity index (χ1) is 9.25. The van der Waals surface area contributed by atoms with Crippen LogP contribution in [0.5, 0.6) is 0 Å². The molecule has 0 aromatic rings. The molecule has 0 aromatic carbocycles. The highest BCUT2D eigenvalue weighted by atomic mass is 16.5. The lowest BCUT2D eigenvalue weighted by Crippen LogP contribution is -2.58. The summed E-state index contributed by atoms with van der Waals surface area (Å²) in [5, 5.41) is 22.4. The summed E-state index contributed by atoms with van der Waals surface area (Å²) in [6, 6.07) is 0.586. The van der Waals surface area contributed by atoms with E-state index in [-0.39, 0.29) is 6.10 Å². The van der Waals surface area contributed by atoms with Gasteiger partial charge in [0, 0.05) is 36.7 Å². The SMILES string of the molecule is O[C@H]1C2=C([C@H]3C[C@@H]1[C@H]1CCCCN1C3)N(O)CCC2. The van der Waals surface area contributed by atoms with Crippen molar-refractivity contribution in [1.29, 1.82) is 0 Å². The van der Waals surface area contributed by atoms with E-state index in [4.69, 9.17) is 0 Å². The Morgan fingerprint density at radius 3 is 2.89 bits per heavy atom. The summed E-state index contributed by atoms with van der Waals surface area (Å²) < 4.78 is 0. The zero-order valence-electron chi connectivity index (χ0n) is 11.5. The van der Waals surface area contributed by atoms with E-state index in [1.165, 1.54) is 30.9 Å². The van der Waals surface area contributed by atoms with Crippen LogP contribution in [-0.4, -0.2) is 52.1 Å². The van der Waals surface area contributed by atoms with Crippen LogP contribution in [-0.2, 0) is 0 Å². The van der Waals surface area contributed by atoms with E-state index < -0.39 is 0 Å². The van der Waals surface area contributed by atoms with Crippen molar-refractivity contribution in [2.45, 2.75) is 50.7 Å². The molecule has 4 nitrogen and oxygen atoms in total. The van der Waals surface area contributed by atoms with E-state index in [9.17, 15) is 10.3 Å². The quantitative estimate of drug-likeness (QED) is 0.697. The zero-order chi connectivity index (χ0) is 13.0. The van der Waals surface area contributed by atoms with Crippen molar-refractivity contribution < 1.29 is 10.3 Å². The summed E-state index contributed by atoms with van der Waals surface area (Å²) in [6.07, 6.45) is 6.56. The van der Waals surface area contributed by atoms with E-state index in [0.29, 0.717) is 17.9 Å². The molecule has 0 saturated carbocycles. The third kappa shape index (κ3) is 1.77. The van der Waals surface area contributed by atoms with Gasteiger partial charge in [-0.1, -0.05) is 6.42 Å². The number of hydrogen-bond donors (Lipinski definition) is 2. The molecule has 0 amide bonds. The largest absolute Gasteiger partial charge is 0.388 e. The molecule has 3 heterocycles. The Kier molecular flexibility index (Phi) is 2.87. The maximum absolute atomic E-state index is 10.8. The smallest absolute Gasteiger partial charge is 0.0814 e. The van der Waals surface area contributed by atoms with Crippen molar-refractivity contribution in [2.75, 3.05) is 19.6 Å². The molecule has 2 fully saturated rings. The first kappa shape index (κ1) is 12.2. The van der Waals surface area contributed by atoms with E-state index in [1.54, 1.807) is 0 Å². The standard InChI is InChI=1S/C15H24N2O2/c18-15-11-4-3-7-17(19)14(11)10-8-12(15)13-5-1-2-6-16(13)9-10/h10,12-13,15,18-19H,1-9H2/t10-,12+,13+,15-/m0/s1. The van der Waals surface area contributed by atoms with E-state index in [2.05, 4.69) is 4.90 Å². The lowest BCUT2D eigenvalue weighted by molar-refractivity contribution is -0.106. The number of nitrogens with zero attached hydrogens (tertiary/aromatic N) is 2. The van der Waals surface area contributed by atoms with Gasteiger partial charge in [0.15, 0.2) is 0 Å². The highest BCUT2D eigenvalue weighted by Gasteiger charge is 2.48. The summed E-state index contributed by atoms with van der Waals surface area (Å²) in [5.41, 5.74) is 2.22. The monoisotopic (exact) mass is 264 g/mol. The number of hydroxylamine groups is 2. The van der Waals surface area contributed by atoms with Crippen molar-refractivity contribution in [3.63, 3.8) is 0 Å². The van der Waals surface area contributed by atoms with Crippen molar-refractivity contribution in [3.8, 4) is 0 Å². The first-order valence-electron chi connectivity index (χ1n) is 7.87. The summed E-state index contributed by atoms with van der Waals surface area (Å²) in [4.78, 5) is 2.58. The molecule has 4 rings (SSSR count). The summed E-state index contributed by atoms with van der Waals surface area (Å²) in [7, 11) is 0. The van der Waals surface area contributed by atoms with Crippen molar-refractivity contribution in [3.05, 3.63) is 11.3 Å². The van der Waals surface area contributed by atoms with Crippen LogP contribution in [0.4, 0.5) is 0 Å². The molecule has 0 aromatic heterocycles. The van der Waals surface area contributed by atoms with Crippen LogP contribution in [0, 0.1) is 11.8 Å². The maximum atomic E-state index is 10.8. The molecule has 1 aliphatic carbocycles. The average Bonchev–Trinajstić information content (AvgIpc) is 2.44. The van der Waals surface area contributed by atoms with E-state index in [0.717, 1.165) is 43.6 Å². The number of fused-ring (bicyclic) bond motifs is 5. The van der Waals surface area contributed by atoms with Gasteiger partial charge < -0.3 is 5.11 Å². The number of rotatable bonds is 0. The molecule has 2 bridgehead atoms.